The van der Waals surface area contributed by atoms with Gasteiger partial charge in [-0.05, 0) is 39.3 Å². The average Bonchev–Trinajstić information content (AvgIpc) is 2.04. The van der Waals surface area contributed by atoms with Crippen molar-refractivity contribution in [2.75, 3.05) is 13.1 Å². The van der Waals surface area contributed by atoms with Gasteiger partial charge in [-0.25, -0.2) is 0 Å². The fourth-order valence-corrected chi connectivity index (χ4v) is 2.07. The molecule has 0 amide bonds. The SMILES string of the molecule is CCN(CC)C(C)(C)C(N)CC(C)C. The van der Waals surface area contributed by atoms with Gasteiger partial charge in [0.1, 0.15) is 0 Å². The van der Waals surface area contributed by atoms with Gasteiger partial charge in [0.25, 0.3) is 0 Å². The van der Waals surface area contributed by atoms with Gasteiger partial charge >= 0.3 is 0 Å². The zero-order valence-electron chi connectivity index (χ0n) is 10.8. The molecule has 86 valence electrons. The van der Waals surface area contributed by atoms with Gasteiger partial charge in [-0.15, -0.1) is 0 Å². The molecule has 0 saturated carbocycles. The van der Waals surface area contributed by atoms with Crippen LogP contribution in [-0.4, -0.2) is 29.6 Å². The van der Waals surface area contributed by atoms with Gasteiger partial charge in [-0.2, -0.15) is 0 Å². The second-order valence-corrected chi connectivity index (χ2v) is 5.06. The molecule has 0 aliphatic heterocycles. The molecule has 0 aromatic rings. The summed E-state index contributed by atoms with van der Waals surface area (Å²) >= 11 is 0. The molecular formula is C12H28N2. The molecule has 1 atom stereocenters. The monoisotopic (exact) mass is 200 g/mol. The summed E-state index contributed by atoms with van der Waals surface area (Å²) in [6.45, 7) is 15.5. The van der Waals surface area contributed by atoms with E-state index in [2.05, 4.69) is 46.4 Å². The summed E-state index contributed by atoms with van der Waals surface area (Å²) in [6.07, 6.45) is 1.10. The molecule has 0 rings (SSSR count). The van der Waals surface area contributed by atoms with Gasteiger partial charge in [-0.1, -0.05) is 27.7 Å². The topological polar surface area (TPSA) is 29.3 Å². The van der Waals surface area contributed by atoms with Crippen molar-refractivity contribution in [1.29, 1.82) is 0 Å². The van der Waals surface area contributed by atoms with Gasteiger partial charge in [-0.3, -0.25) is 4.90 Å². The molecule has 14 heavy (non-hydrogen) atoms. The van der Waals surface area contributed by atoms with Gasteiger partial charge < -0.3 is 5.73 Å². The molecule has 0 bridgehead atoms. The fourth-order valence-electron chi connectivity index (χ4n) is 2.07. The molecule has 0 heterocycles. The van der Waals surface area contributed by atoms with Crippen molar-refractivity contribution < 1.29 is 0 Å². The van der Waals surface area contributed by atoms with E-state index in [1.165, 1.54) is 0 Å². The summed E-state index contributed by atoms with van der Waals surface area (Å²) in [5.41, 5.74) is 6.38. The summed E-state index contributed by atoms with van der Waals surface area (Å²) in [5, 5.41) is 0. The van der Waals surface area contributed by atoms with Crippen LogP contribution in [-0.2, 0) is 0 Å². The molecule has 0 spiro atoms. The van der Waals surface area contributed by atoms with E-state index in [-0.39, 0.29) is 11.6 Å². The predicted octanol–water partition coefficient (Wildman–Crippen LogP) is 2.48. The highest BCUT2D eigenvalue weighted by atomic mass is 15.2. The maximum atomic E-state index is 6.26. The Kier molecular flexibility index (Phi) is 5.68. The number of likely N-dealkylation sites (N-methyl/N-ethyl adjacent to an activating group) is 1. The number of rotatable bonds is 6. The van der Waals surface area contributed by atoms with E-state index < -0.39 is 0 Å². The second-order valence-electron chi connectivity index (χ2n) is 5.06. The number of nitrogens with zero attached hydrogens (tertiary/aromatic N) is 1. The minimum absolute atomic E-state index is 0.119. The third-order valence-electron chi connectivity index (χ3n) is 3.21. The third kappa shape index (κ3) is 3.58. The molecular weight excluding hydrogens is 172 g/mol. The van der Waals surface area contributed by atoms with E-state index in [0.717, 1.165) is 19.5 Å². The minimum atomic E-state index is 0.119. The highest BCUT2D eigenvalue weighted by molar-refractivity contribution is 4.91. The van der Waals surface area contributed by atoms with Crippen LogP contribution in [0.2, 0.25) is 0 Å². The molecule has 0 fully saturated rings. The Morgan fingerprint density at radius 1 is 1.14 bits per heavy atom. The smallest absolute Gasteiger partial charge is 0.0303 e. The van der Waals surface area contributed by atoms with E-state index >= 15 is 0 Å². The van der Waals surface area contributed by atoms with Crippen LogP contribution in [0, 0.1) is 5.92 Å². The van der Waals surface area contributed by atoms with Crippen LogP contribution in [0.25, 0.3) is 0 Å². The minimum Gasteiger partial charge on any atom is -0.326 e. The molecule has 2 heteroatoms. The van der Waals surface area contributed by atoms with E-state index in [0.29, 0.717) is 5.92 Å². The van der Waals surface area contributed by atoms with Crippen LogP contribution in [0.15, 0.2) is 0 Å². The summed E-state index contributed by atoms with van der Waals surface area (Å²) in [5.74, 6) is 0.680. The first-order chi connectivity index (χ1) is 6.36. The second kappa shape index (κ2) is 5.72. The lowest BCUT2D eigenvalue weighted by molar-refractivity contribution is 0.0982. The van der Waals surface area contributed by atoms with Crippen molar-refractivity contribution in [2.45, 2.75) is 59.5 Å². The van der Waals surface area contributed by atoms with Crippen LogP contribution in [0.4, 0.5) is 0 Å². The largest absolute Gasteiger partial charge is 0.326 e. The number of nitrogens with two attached hydrogens (primary N) is 1. The maximum Gasteiger partial charge on any atom is 0.0303 e. The van der Waals surface area contributed by atoms with Gasteiger partial charge in [0.2, 0.25) is 0 Å². The molecule has 0 radical (unpaired) electrons. The highest BCUT2D eigenvalue weighted by Crippen LogP contribution is 2.21. The highest BCUT2D eigenvalue weighted by Gasteiger charge is 2.31. The van der Waals surface area contributed by atoms with Crippen LogP contribution in [0.5, 0.6) is 0 Å². The zero-order chi connectivity index (χ0) is 11.4. The van der Waals surface area contributed by atoms with E-state index in [1.807, 2.05) is 0 Å². The average molecular weight is 200 g/mol. The Labute approximate surface area is 89.9 Å². The molecule has 0 saturated heterocycles. The standard InChI is InChI=1S/C12H28N2/c1-7-14(8-2)12(5,6)11(13)9-10(3)4/h10-11H,7-9,13H2,1-6H3. The molecule has 2 nitrogen and oxygen atoms in total. The van der Waals surface area contributed by atoms with Gasteiger partial charge in [0.05, 0.1) is 0 Å². The third-order valence-corrected chi connectivity index (χ3v) is 3.21. The summed E-state index contributed by atoms with van der Waals surface area (Å²) in [4.78, 5) is 2.44. The molecule has 0 aliphatic rings. The Morgan fingerprint density at radius 2 is 1.57 bits per heavy atom. The van der Waals surface area contributed by atoms with Crippen molar-refractivity contribution >= 4 is 0 Å². The molecule has 0 aliphatic carbocycles. The van der Waals surface area contributed by atoms with Gasteiger partial charge in [0.15, 0.2) is 0 Å². The van der Waals surface area contributed by atoms with E-state index in [1.54, 1.807) is 0 Å². The lowest BCUT2D eigenvalue weighted by atomic mass is 9.87. The summed E-state index contributed by atoms with van der Waals surface area (Å²) < 4.78 is 0. The van der Waals surface area contributed by atoms with Crippen molar-refractivity contribution in [3.63, 3.8) is 0 Å². The Bertz CT molecular complexity index is 148. The number of hydrogen-bond acceptors (Lipinski definition) is 2. The number of hydrogen-bond donors (Lipinski definition) is 1. The van der Waals surface area contributed by atoms with Crippen molar-refractivity contribution in [1.82, 2.24) is 4.90 Å². The lowest BCUT2D eigenvalue weighted by Gasteiger charge is -2.42. The summed E-state index contributed by atoms with van der Waals surface area (Å²) in [6, 6.07) is 0.266. The normalized spacial score (nSPS) is 15.2. The molecule has 1 unspecified atom stereocenters. The van der Waals surface area contributed by atoms with Gasteiger partial charge in [0, 0.05) is 11.6 Å². The van der Waals surface area contributed by atoms with Crippen LogP contribution >= 0.6 is 0 Å². The van der Waals surface area contributed by atoms with Crippen LogP contribution < -0.4 is 5.73 Å². The van der Waals surface area contributed by atoms with Crippen molar-refractivity contribution in [3.05, 3.63) is 0 Å². The van der Waals surface area contributed by atoms with E-state index in [4.69, 9.17) is 5.73 Å². The Balaban J connectivity index is 4.40. The van der Waals surface area contributed by atoms with Crippen LogP contribution in [0.3, 0.4) is 0 Å². The predicted molar refractivity (Wildman–Crippen MR) is 64.4 cm³/mol. The maximum absolute atomic E-state index is 6.26. The quantitative estimate of drug-likeness (QED) is 0.714. The summed E-state index contributed by atoms with van der Waals surface area (Å²) in [7, 11) is 0. The van der Waals surface area contributed by atoms with Crippen molar-refractivity contribution in [3.8, 4) is 0 Å². The molecule has 0 aromatic carbocycles. The Morgan fingerprint density at radius 3 is 1.86 bits per heavy atom. The fraction of sp³-hybridized carbons (Fsp3) is 1.00. The van der Waals surface area contributed by atoms with E-state index in [9.17, 15) is 0 Å². The zero-order valence-corrected chi connectivity index (χ0v) is 10.8. The van der Waals surface area contributed by atoms with Crippen LogP contribution in [0.1, 0.15) is 48.0 Å². The Hall–Kier alpha value is -0.0800. The molecule has 0 aromatic heterocycles. The molecule has 2 N–H and O–H groups in total. The van der Waals surface area contributed by atoms with Crippen molar-refractivity contribution in [2.24, 2.45) is 11.7 Å². The lowest BCUT2D eigenvalue weighted by Crippen LogP contribution is -2.56. The first-order valence-corrected chi connectivity index (χ1v) is 5.86. The first-order valence-electron chi connectivity index (χ1n) is 5.86. The first kappa shape index (κ1) is 13.9.